The summed E-state index contributed by atoms with van der Waals surface area (Å²) in [6, 6.07) is 6.66. The summed E-state index contributed by atoms with van der Waals surface area (Å²) in [6.45, 7) is 3.77. The predicted molar refractivity (Wildman–Crippen MR) is 75.8 cm³/mol. The van der Waals surface area contributed by atoms with Crippen LogP contribution in [-0.4, -0.2) is 11.5 Å². The first-order valence-corrected chi connectivity index (χ1v) is 7.11. The van der Waals surface area contributed by atoms with Crippen LogP contribution in [0.4, 0.5) is 9.52 Å². The molecule has 0 fully saturated rings. The molecule has 1 heterocycles. The first-order valence-electron chi connectivity index (χ1n) is 6.29. The Bertz CT molecular complexity index is 516. The van der Waals surface area contributed by atoms with Crippen molar-refractivity contribution in [1.82, 2.24) is 4.98 Å². The van der Waals surface area contributed by atoms with Crippen molar-refractivity contribution >= 4 is 16.5 Å². The number of rotatable bonds is 7. The lowest BCUT2D eigenvalue weighted by atomic mass is 10.2. The number of halogens is 1. The maximum absolute atomic E-state index is 13.4. The Balaban J connectivity index is 1.79. The van der Waals surface area contributed by atoms with Crippen molar-refractivity contribution in [2.75, 3.05) is 11.9 Å². The van der Waals surface area contributed by atoms with Gasteiger partial charge in [0.2, 0.25) is 0 Å². The van der Waals surface area contributed by atoms with E-state index in [1.807, 2.05) is 0 Å². The molecule has 0 saturated carbocycles. The molecule has 0 aliphatic heterocycles. The second-order valence-corrected chi connectivity index (χ2v) is 5.26. The molecule has 1 aromatic carbocycles. The largest absolute Gasteiger partial charge is 0.371 e. The molecule has 0 aliphatic rings. The lowest BCUT2D eigenvalue weighted by Crippen LogP contribution is -1.97. The zero-order chi connectivity index (χ0) is 13.5. The molecule has 1 N–H and O–H groups in total. The molecular formula is C14H17FN2OS. The molecule has 0 bridgehead atoms. The molecule has 2 aromatic rings. The van der Waals surface area contributed by atoms with Crippen LogP contribution in [0, 0.1) is 5.82 Å². The van der Waals surface area contributed by atoms with Crippen molar-refractivity contribution in [2.24, 2.45) is 0 Å². The van der Waals surface area contributed by atoms with Crippen LogP contribution in [0.2, 0.25) is 0 Å². The summed E-state index contributed by atoms with van der Waals surface area (Å²) in [5.41, 5.74) is 0.580. The highest BCUT2D eigenvalue weighted by Crippen LogP contribution is 2.19. The first-order chi connectivity index (χ1) is 9.29. The molecule has 1 aromatic heterocycles. The summed E-state index contributed by atoms with van der Waals surface area (Å²) in [7, 11) is 0. The van der Waals surface area contributed by atoms with Gasteiger partial charge in [0.15, 0.2) is 5.13 Å². The Morgan fingerprint density at radius 1 is 1.32 bits per heavy atom. The number of thiazole rings is 1. The van der Waals surface area contributed by atoms with Crippen LogP contribution in [0.25, 0.3) is 0 Å². The van der Waals surface area contributed by atoms with Crippen LogP contribution in [0.5, 0.6) is 0 Å². The SMILES string of the molecule is CCCNc1ncc(COCc2ccccc2F)s1. The minimum Gasteiger partial charge on any atom is -0.371 e. The van der Waals surface area contributed by atoms with Gasteiger partial charge in [0, 0.05) is 18.3 Å². The molecule has 3 nitrogen and oxygen atoms in total. The van der Waals surface area contributed by atoms with E-state index >= 15 is 0 Å². The van der Waals surface area contributed by atoms with Gasteiger partial charge in [-0.25, -0.2) is 9.37 Å². The summed E-state index contributed by atoms with van der Waals surface area (Å²) in [5.74, 6) is -0.225. The minimum absolute atomic E-state index is 0.225. The monoisotopic (exact) mass is 280 g/mol. The van der Waals surface area contributed by atoms with Gasteiger partial charge in [0.05, 0.1) is 18.1 Å². The molecule has 0 amide bonds. The van der Waals surface area contributed by atoms with Crippen molar-refractivity contribution in [1.29, 1.82) is 0 Å². The van der Waals surface area contributed by atoms with Crippen LogP contribution in [0.3, 0.4) is 0 Å². The third-order valence-electron chi connectivity index (χ3n) is 2.54. The van der Waals surface area contributed by atoms with Gasteiger partial charge in [-0.3, -0.25) is 0 Å². The van der Waals surface area contributed by atoms with E-state index in [9.17, 15) is 4.39 Å². The highest BCUT2D eigenvalue weighted by atomic mass is 32.1. The number of nitrogens with one attached hydrogen (secondary N) is 1. The van der Waals surface area contributed by atoms with Crippen molar-refractivity contribution in [2.45, 2.75) is 26.6 Å². The van der Waals surface area contributed by atoms with Gasteiger partial charge >= 0.3 is 0 Å². The average Bonchev–Trinajstić information content (AvgIpc) is 2.86. The molecule has 0 saturated heterocycles. The second-order valence-electron chi connectivity index (χ2n) is 4.14. The first kappa shape index (κ1) is 14.0. The highest BCUT2D eigenvalue weighted by Gasteiger charge is 2.03. The van der Waals surface area contributed by atoms with Crippen LogP contribution in [0.1, 0.15) is 23.8 Å². The predicted octanol–water partition coefficient (Wildman–Crippen LogP) is 3.82. The van der Waals surface area contributed by atoms with Crippen LogP contribution < -0.4 is 5.32 Å². The maximum atomic E-state index is 13.4. The summed E-state index contributed by atoms with van der Waals surface area (Å²) >= 11 is 1.57. The Kier molecular flexibility index (Phi) is 5.30. The third kappa shape index (κ3) is 4.29. The average molecular weight is 280 g/mol. The molecule has 0 atom stereocenters. The van der Waals surface area contributed by atoms with Gasteiger partial charge in [-0.05, 0) is 12.5 Å². The zero-order valence-corrected chi connectivity index (χ0v) is 11.7. The molecule has 102 valence electrons. The molecule has 5 heteroatoms. The van der Waals surface area contributed by atoms with Gasteiger partial charge in [-0.1, -0.05) is 36.5 Å². The lowest BCUT2D eigenvalue weighted by Gasteiger charge is -2.03. The number of nitrogens with zero attached hydrogens (tertiary/aromatic N) is 1. The van der Waals surface area contributed by atoms with E-state index in [2.05, 4.69) is 17.2 Å². The number of hydrogen-bond acceptors (Lipinski definition) is 4. The van der Waals surface area contributed by atoms with E-state index in [4.69, 9.17) is 4.74 Å². The normalized spacial score (nSPS) is 10.6. The second kappa shape index (κ2) is 7.21. The van der Waals surface area contributed by atoms with Crippen LogP contribution >= 0.6 is 11.3 Å². The van der Waals surface area contributed by atoms with E-state index in [1.54, 1.807) is 35.7 Å². The fourth-order valence-electron chi connectivity index (χ4n) is 1.56. The number of anilines is 1. The third-order valence-corrected chi connectivity index (χ3v) is 3.47. The maximum Gasteiger partial charge on any atom is 0.182 e. The summed E-state index contributed by atoms with van der Waals surface area (Å²) in [6.07, 6.45) is 2.86. The molecule has 0 spiro atoms. The molecule has 2 rings (SSSR count). The highest BCUT2D eigenvalue weighted by molar-refractivity contribution is 7.15. The summed E-state index contributed by atoms with van der Waals surface area (Å²) in [4.78, 5) is 5.29. The molecule has 19 heavy (non-hydrogen) atoms. The lowest BCUT2D eigenvalue weighted by molar-refractivity contribution is 0.107. The Labute approximate surface area is 116 Å². The number of benzene rings is 1. The van der Waals surface area contributed by atoms with Crippen molar-refractivity contribution in [3.8, 4) is 0 Å². The smallest absolute Gasteiger partial charge is 0.182 e. The minimum atomic E-state index is -0.225. The topological polar surface area (TPSA) is 34.2 Å². The molecule has 0 unspecified atom stereocenters. The number of aromatic nitrogens is 1. The van der Waals surface area contributed by atoms with Crippen LogP contribution in [0.15, 0.2) is 30.5 Å². The van der Waals surface area contributed by atoms with Gasteiger partial charge < -0.3 is 10.1 Å². The zero-order valence-electron chi connectivity index (χ0n) is 10.9. The van der Waals surface area contributed by atoms with E-state index in [0.717, 1.165) is 23.0 Å². The molecule has 0 aliphatic carbocycles. The van der Waals surface area contributed by atoms with Crippen molar-refractivity contribution in [3.63, 3.8) is 0 Å². The quantitative estimate of drug-likeness (QED) is 0.837. The Hall–Kier alpha value is -1.46. The molecule has 0 radical (unpaired) electrons. The fourth-order valence-corrected chi connectivity index (χ4v) is 2.34. The molecular weight excluding hydrogens is 263 g/mol. The summed E-state index contributed by atoms with van der Waals surface area (Å²) < 4.78 is 18.9. The van der Waals surface area contributed by atoms with E-state index < -0.39 is 0 Å². The van der Waals surface area contributed by atoms with Crippen LogP contribution in [-0.2, 0) is 18.0 Å². The van der Waals surface area contributed by atoms with Crippen molar-refractivity contribution < 1.29 is 9.13 Å². The fraction of sp³-hybridized carbons (Fsp3) is 0.357. The van der Waals surface area contributed by atoms with Gasteiger partial charge in [-0.15, -0.1) is 0 Å². The Morgan fingerprint density at radius 3 is 2.95 bits per heavy atom. The van der Waals surface area contributed by atoms with Gasteiger partial charge in [0.25, 0.3) is 0 Å². The Morgan fingerprint density at radius 2 is 2.16 bits per heavy atom. The summed E-state index contributed by atoms with van der Waals surface area (Å²) in [5, 5.41) is 4.13. The van der Waals surface area contributed by atoms with Gasteiger partial charge in [0.1, 0.15) is 5.82 Å². The standard InChI is InChI=1S/C14H17FN2OS/c1-2-7-16-14-17-8-12(19-14)10-18-9-11-5-3-4-6-13(11)15/h3-6,8H,2,7,9-10H2,1H3,(H,16,17). The van der Waals surface area contributed by atoms with E-state index in [-0.39, 0.29) is 12.4 Å². The van der Waals surface area contributed by atoms with Crippen molar-refractivity contribution in [3.05, 3.63) is 46.7 Å². The number of hydrogen-bond donors (Lipinski definition) is 1. The number of ether oxygens (including phenoxy) is 1. The van der Waals surface area contributed by atoms with E-state index in [0.29, 0.717) is 12.2 Å². The van der Waals surface area contributed by atoms with E-state index in [1.165, 1.54) is 6.07 Å². The van der Waals surface area contributed by atoms with Gasteiger partial charge in [-0.2, -0.15) is 0 Å².